The lowest BCUT2D eigenvalue weighted by Gasteiger charge is -2.35. The number of nitrogens with one attached hydrogen (secondary N) is 1. The number of benzene rings is 2. The van der Waals surface area contributed by atoms with Gasteiger partial charge in [-0.2, -0.15) is 0 Å². The highest BCUT2D eigenvalue weighted by Crippen LogP contribution is 2.36. The Bertz CT molecular complexity index is 1130. The van der Waals surface area contributed by atoms with E-state index in [1.807, 2.05) is 41.3 Å². The summed E-state index contributed by atoms with van der Waals surface area (Å²) in [5, 5.41) is 1.19. The van der Waals surface area contributed by atoms with Gasteiger partial charge in [-0.05, 0) is 54.7 Å². The van der Waals surface area contributed by atoms with Crippen LogP contribution in [0.2, 0.25) is 0 Å². The molecule has 0 radical (unpaired) electrons. The van der Waals surface area contributed by atoms with Crippen molar-refractivity contribution in [2.75, 3.05) is 37.4 Å². The lowest BCUT2D eigenvalue weighted by Crippen LogP contribution is -2.47. The highest BCUT2D eigenvalue weighted by atomic mass is 32.2. The summed E-state index contributed by atoms with van der Waals surface area (Å²) in [6, 6.07) is 13.9. The van der Waals surface area contributed by atoms with E-state index in [1.54, 1.807) is 12.0 Å². The van der Waals surface area contributed by atoms with Crippen LogP contribution in [0.1, 0.15) is 24.3 Å². The van der Waals surface area contributed by atoms with E-state index in [9.17, 15) is 9.59 Å². The van der Waals surface area contributed by atoms with Crippen LogP contribution >= 0.6 is 11.8 Å². The molecule has 2 amide bonds. The van der Waals surface area contributed by atoms with Gasteiger partial charge >= 0.3 is 0 Å². The normalized spacial score (nSPS) is 17.1. The first kappa shape index (κ1) is 20.0. The van der Waals surface area contributed by atoms with Crippen LogP contribution in [-0.4, -0.2) is 54.2 Å². The molecule has 0 bridgehead atoms. The van der Waals surface area contributed by atoms with Gasteiger partial charge < -0.3 is 19.5 Å². The number of para-hydroxylation sites is 1. The number of amides is 2. The Labute approximate surface area is 185 Å². The second-order valence-corrected chi connectivity index (χ2v) is 9.06. The maximum atomic E-state index is 13.0. The molecule has 0 spiro atoms. The van der Waals surface area contributed by atoms with E-state index in [4.69, 9.17) is 4.74 Å². The third kappa shape index (κ3) is 3.78. The highest BCUT2D eigenvalue weighted by molar-refractivity contribution is 8.00. The molecule has 2 aliphatic rings. The molecule has 1 saturated heterocycles. The van der Waals surface area contributed by atoms with Gasteiger partial charge in [0.2, 0.25) is 11.8 Å². The Kier molecular flexibility index (Phi) is 5.36. The number of hydrogen-bond donors (Lipinski definition) is 1. The van der Waals surface area contributed by atoms with Gasteiger partial charge in [0.1, 0.15) is 12.3 Å². The van der Waals surface area contributed by atoms with Gasteiger partial charge in [0.05, 0.1) is 18.6 Å². The molecule has 0 unspecified atom stereocenters. The minimum Gasteiger partial charge on any atom is -0.497 e. The van der Waals surface area contributed by atoms with Gasteiger partial charge in [0, 0.05) is 35.1 Å². The van der Waals surface area contributed by atoms with Gasteiger partial charge in [0.15, 0.2) is 0 Å². The van der Waals surface area contributed by atoms with Gasteiger partial charge in [-0.3, -0.25) is 9.59 Å². The zero-order chi connectivity index (χ0) is 21.4. The number of nitrogens with zero attached hydrogens (tertiary/aromatic N) is 2. The van der Waals surface area contributed by atoms with Crippen molar-refractivity contribution in [3.8, 4) is 5.75 Å². The second kappa shape index (κ2) is 8.30. The Balaban J connectivity index is 1.26. The van der Waals surface area contributed by atoms with E-state index in [0.717, 1.165) is 34.7 Å². The molecule has 0 saturated carbocycles. The van der Waals surface area contributed by atoms with E-state index >= 15 is 0 Å². The number of rotatable bonds is 4. The lowest BCUT2D eigenvalue weighted by molar-refractivity contribution is -0.132. The van der Waals surface area contributed by atoms with Crippen LogP contribution < -0.4 is 9.64 Å². The van der Waals surface area contributed by atoms with E-state index in [0.29, 0.717) is 24.8 Å². The van der Waals surface area contributed by atoms with Crippen LogP contribution in [0.5, 0.6) is 5.75 Å². The third-order valence-corrected chi connectivity index (χ3v) is 7.36. The number of carbonyl (C=O) groups is 2. The SMILES string of the molecule is COc1ccc2[nH]cc(C3CCN(C(=O)CN4C(=O)CSc5ccccc54)CC3)c2c1. The van der Waals surface area contributed by atoms with E-state index in [-0.39, 0.29) is 18.4 Å². The first-order chi connectivity index (χ1) is 15.1. The Morgan fingerprint density at radius 2 is 2.00 bits per heavy atom. The van der Waals surface area contributed by atoms with Gasteiger partial charge in [-0.25, -0.2) is 0 Å². The average Bonchev–Trinajstić information content (AvgIpc) is 3.24. The number of anilines is 1. The third-order valence-electron chi connectivity index (χ3n) is 6.31. The van der Waals surface area contributed by atoms with Crippen LogP contribution in [0, 0.1) is 0 Å². The van der Waals surface area contributed by atoms with Crippen molar-refractivity contribution < 1.29 is 14.3 Å². The van der Waals surface area contributed by atoms with Gasteiger partial charge in [0.25, 0.3) is 0 Å². The van der Waals surface area contributed by atoms with Crippen molar-refractivity contribution in [1.29, 1.82) is 0 Å². The lowest BCUT2D eigenvalue weighted by atomic mass is 9.89. The monoisotopic (exact) mass is 435 g/mol. The summed E-state index contributed by atoms with van der Waals surface area (Å²) in [4.78, 5) is 33.5. The Hall–Kier alpha value is -2.93. The van der Waals surface area contributed by atoms with Crippen molar-refractivity contribution >= 4 is 40.2 Å². The number of thioether (sulfide) groups is 1. The van der Waals surface area contributed by atoms with E-state index in [1.165, 1.54) is 22.7 Å². The largest absolute Gasteiger partial charge is 0.497 e. The van der Waals surface area contributed by atoms with Crippen LogP contribution in [0.3, 0.4) is 0 Å². The highest BCUT2D eigenvalue weighted by Gasteiger charge is 2.30. The summed E-state index contributed by atoms with van der Waals surface area (Å²) < 4.78 is 5.39. The molecule has 31 heavy (non-hydrogen) atoms. The minimum absolute atomic E-state index is 0.000300. The molecule has 3 aromatic rings. The summed E-state index contributed by atoms with van der Waals surface area (Å²) in [6.45, 7) is 1.53. The molecule has 1 N–H and O–H groups in total. The predicted octanol–water partition coefficient (Wildman–Crippen LogP) is 4.02. The molecule has 2 aliphatic heterocycles. The molecular formula is C24H25N3O3S. The average molecular weight is 436 g/mol. The van der Waals surface area contributed by atoms with Crippen molar-refractivity contribution in [2.24, 2.45) is 0 Å². The molecule has 7 heteroatoms. The van der Waals surface area contributed by atoms with E-state index < -0.39 is 0 Å². The molecule has 160 valence electrons. The standard InChI is InChI=1S/C24H25N3O3S/c1-30-17-6-7-20-18(12-17)19(13-25-20)16-8-10-26(11-9-16)23(28)14-27-21-4-2-3-5-22(21)31-15-24(27)29/h2-7,12-13,16,25H,8-11,14-15H2,1H3. The topological polar surface area (TPSA) is 65.6 Å². The maximum Gasteiger partial charge on any atom is 0.242 e. The maximum absolute atomic E-state index is 13.0. The molecule has 3 heterocycles. The van der Waals surface area contributed by atoms with Gasteiger partial charge in [-0.1, -0.05) is 12.1 Å². The summed E-state index contributed by atoms with van der Waals surface area (Å²) in [5.74, 6) is 1.66. The number of hydrogen-bond acceptors (Lipinski definition) is 4. The molecule has 5 rings (SSSR count). The van der Waals surface area contributed by atoms with Crippen LogP contribution in [0.25, 0.3) is 10.9 Å². The minimum atomic E-state index is -0.000300. The number of carbonyl (C=O) groups excluding carboxylic acids is 2. The zero-order valence-corrected chi connectivity index (χ0v) is 18.3. The zero-order valence-electron chi connectivity index (χ0n) is 17.5. The van der Waals surface area contributed by atoms with Crippen LogP contribution in [-0.2, 0) is 9.59 Å². The van der Waals surface area contributed by atoms with Gasteiger partial charge in [-0.15, -0.1) is 11.8 Å². The van der Waals surface area contributed by atoms with E-state index in [2.05, 4.69) is 17.2 Å². The molecule has 1 aromatic heterocycles. The molecular weight excluding hydrogens is 410 g/mol. The number of ether oxygens (including phenoxy) is 1. The molecule has 0 aliphatic carbocycles. The number of fused-ring (bicyclic) bond motifs is 2. The summed E-state index contributed by atoms with van der Waals surface area (Å²) >= 11 is 1.54. The summed E-state index contributed by atoms with van der Waals surface area (Å²) in [5.41, 5.74) is 3.24. The fraction of sp³-hybridized carbons (Fsp3) is 0.333. The van der Waals surface area contributed by atoms with Crippen LogP contribution in [0.15, 0.2) is 53.6 Å². The fourth-order valence-electron chi connectivity index (χ4n) is 4.59. The number of methoxy groups -OCH3 is 1. The smallest absolute Gasteiger partial charge is 0.242 e. The first-order valence-electron chi connectivity index (χ1n) is 10.6. The van der Waals surface area contributed by atoms with Crippen molar-refractivity contribution in [2.45, 2.75) is 23.7 Å². The quantitative estimate of drug-likeness (QED) is 0.672. The summed E-state index contributed by atoms with van der Waals surface area (Å²) in [7, 11) is 1.68. The molecule has 0 atom stereocenters. The number of likely N-dealkylation sites (tertiary alicyclic amines) is 1. The first-order valence-corrected chi connectivity index (χ1v) is 11.6. The number of piperidine rings is 1. The van der Waals surface area contributed by atoms with Crippen molar-refractivity contribution in [3.63, 3.8) is 0 Å². The van der Waals surface area contributed by atoms with Crippen molar-refractivity contribution in [3.05, 3.63) is 54.2 Å². The van der Waals surface area contributed by atoms with Crippen LogP contribution in [0.4, 0.5) is 5.69 Å². The summed E-state index contributed by atoms with van der Waals surface area (Å²) in [6.07, 6.45) is 3.92. The number of H-pyrrole nitrogens is 1. The molecule has 1 fully saturated rings. The number of aromatic nitrogens is 1. The van der Waals surface area contributed by atoms with Crippen molar-refractivity contribution in [1.82, 2.24) is 9.88 Å². The fourth-order valence-corrected chi connectivity index (χ4v) is 5.52. The Morgan fingerprint density at radius 1 is 1.19 bits per heavy atom. The predicted molar refractivity (Wildman–Crippen MR) is 123 cm³/mol. The Morgan fingerprint density at radius 3 is 2.81 bits per heavy atom. The number of aromatic amines is 1. The molecule has 2 aromatic carbocycles. The molecule has 6 nitrogen and oxygen atoms in total. The second-order valence-electron chi connectivity index (χ2n) is 8.05.